The quantitative estimate of drug-likeness (QED) is 0.926. The first kappa shape index (κ1) is 13.9. The topological polar surface area (TPSA) is 42.0 Å². The number of rotatable bonds is 3. The van der Waals surface area contributed by atoms with Gasteiger partial charge in [0.2, 0.25) is 0 Å². The van der Waals surface area contributed by atoms with Crippen LogP contribution < -0.4 is 5.32 Å². The van der Waals surface area contributed by atoms with E-state index >= 15 is 0 Å². The highest BCUT2D eigenvalue weighted by molar-refractivity contribution is 9.10. The summed E-state index contributed by atoms with van der Waals surface area (Å²) in [6, 6.07) is 3.93. The van der Waals surface area contributed by atoms with Gasteiger partial charge >= 0.3 is 0 Å². The van der Waals surface area contributed by atoms with Gasteiger partial charge in [-0.2, -0.15) is 11.8 Å². The molecule has 1 N–H and O–H groups in total. The Morgan fingerprint density at radius 3 is 3.00 bits per heavy atom. The Kier molecular flexibility index (Phi) is 5.06. The zero-order valence-electron chi connectivity index (χ0n) is 10.4. The van der Waals surface area contributed by atoms with Gasteiger partial charge in [-0.1, -0.05) is 12.8 Å². The van der Waals surface area contributed by atoms with Crippen molar-refractivity contribution in [1.29, 1.82) is 0 Å². The first-order chi connectivity index (χ1) is 8.72. The molecule has 0 radical (unpaired) electrons. The summed E-state index contributed by atoms with van der Waals surface area (Å²) in [6.45, 7) is 0. The molecule has 0 aliphatic heterocycles. The van der Waals surface area contributed by atoms with Crippen molar-refractivity contribution in [2.45, 2.75) is 37.0 Å². The maximum absolute atomic E-state index is 12.2. The van der Waals surface area contributed by atoms with Crippen molar-refractivity contribution in [1.82, 2.24) is 10.3 Å². The third-order valence-electron chi connectivity index (χ3n) is 3.30. The fourth-order valence-corrected chi connectivity index (χ4v) is 3.70. The normalized spacial score (nSPS) is 23.7. The maximum Gasteiger partial charge on any atom is 0.271 e. The number of amides is 1. The van der Waals surface area contributed by atoms with E-state index in [1.807, 2.05) is 23.9 Å². The van der Waals surface area contributed by atoms with Crippen LogP contribution in [0.2, 0.25) is 0 Å². The molecule has 0 aromatic carbocycles. The first-order valence-corrected chi connectivity index (χ1v) is 8.24. The summed E-state index contributed by atoms with van der Waals surface area (Å²) in [5.74, 6) is -0.0755. The van der Waals surface area contributed by atoms with Crippen LogP contribution in [0.1, 0.15) is 36.2 Å². The number of hydrogen-bond donors (Lipinski definition) is 1. The second-order valence-corrected chi connectivity index (χ2v) is 6.40. The molecular weight excluding hydrogens is 312 g/mol. The van der Waals surface area contributed by atoms with Gasteiger partial charge in [-0.15, -0.1) is 0 Å². The first-order valence-electron chi connectivity index (χ1n) is 6.16. The van der Waals surface area contributed by atoms with Crippen LogP contribution in [0.5, 0.6) is 0 Å². The summed E-state index contributed by atoms with van der Waals surface area (Å²) in [7, 11) is 0. The summed E-state index contributed by atoms with van der Waals surface area (Å²) in [5, 5.41) is 3.66. The van der Waals surface area contributed by atoms with E-state index in [2.05, 4.69) is 32.5 Å². The van der Waals surface area contributed by atoms with Crippen molar-refractivity contribution in [3.63, 3.8) is 0 Å². The number of thioether (sulfide) groups is 1. The fraction of sp³-hybridized carbons (Fsp3) is 0.538. The summed E-state index contributed by atoms with van der Waals surface area (Å²) in [6.07, 6.45) is 8.49. The fourth-order valence-electron chi connectivity index (χ4n) is 2.33. The lowest BCUT2D eigenvalue weighted by Gasteiger charge is -2.30. The van der Waals surface area contributed by atoms with Gasteiger partial charge in [-0.25, -0.2) is 4.98 Å². The zero-order chi connectivity index (χ0) is 13.0. The Labute approximate surface area is 120 Å². The molecule has 2 atom stereocenters. The van der Waals surface area contributed by atoms with Gasteiger partial charge in [0.25, 0.3) is 5.91 Å². The van der Waals surface area contributed by atoms with Gasteiger partial charge < -0.3 is 5.32 Å². The van der Waals surface area contributed by atoms with Crippen molar-refractivity contribution in [2.24, 2.45) is 0 Å². The second kappa shape index (κ2) is 6.57. The molecule has 0 bridgehead atoms. The highest BCUT2D eigenvalue weighted by Crippen LogP contribution is 2.27. The van der Waals surface area contributed by atoms with Gasteiger partial charge in [-0.05, 0) is 47.2 Å². The van der Waals surface area contributed by atoms with Crippen molar-refractivity contribution in [2.75, 3.05) is 6.26 Å². The molecule has 0 saturated heterocycles. The number of carbonyl (C=O) groups excluding carboxylic acids is 1. The third-order valence-corrected chi connectivity index (χ3v) is 5.10. The highest BCUT2D eigenvalue weighted by atomic mass is 79.9. The van der Waals surface area contributed by atoms with Crippen molar-refractivity contribution in [3.05, 3.63) is 28.5 Å². The van der Waals surface area contributed by atoms with Crippen LogP contribution in [0.4, 0.5) is 0 Å². The van der Waals surface area contributed by atoms with Crippen molar-refractivity contribution in [3.8, 4) is 0 Å². The zero-order valence-corrected chi connectivity index (χ0v) is 12.8. The summed E-state index contributed by atoms with van der Waals surface area (Å²) in [5.41, 5.74) is 0.475. The van der Waals surface area contributed by atoms with Crippen LogP contribution in [0, 0.1) is 0 Å². The lowest BCUT2D eigenvalue weighted by atomic mass is 9.95. The molecule has 1 aromatic rings. The minimum atomic E-state index is -0.0755. The van der Waals surface area contributed by atoms with Crippen LogP contribution in [0.15, 0.2) is 22.8 Å². The molecule has 2 rings (SSSR count). The van der Waals surface area contributed by atoms with Crippen LogP contribution in [0.25, 0.3) is 0 Å². The Balaban J connectivity index is 2.04. The molecule has 0 spiro atoms. The van der Waals surface area contributed by atoms with Gasteiger partial charge in [0, 0.05) is 22.0 Å². The van der Waals surface area contributed by atoms with Gasteiger partial charge in [0.05, 0.1) is 0 Å². The summed E-state index contributed by atoms with van der Waals surface area (Å²) < 4.78 is 0.749. The monoisotopic (exact) mass is 328 g/mol. The van der Waals surface area contributed by atoms with Crippen LogP contribution in [-0.4, -0.2) is 28.4 Å². The van der Waals surface area contributed by atoms with E-state index in [9.17, 15) is 4.79 Å². The molecule has 1 saturated carbocycles. The molecule has 3 nitrogen and oxygen atoms in total. The summed E-state index contributed by atoms with van der Waals surface area (Å²) in [4.78, 5) is 16.3. The van der Waals surface area contributed by atoms with Crippen LogP contribution >= 0.6 is 27.7 Å². The minimum Gasteiger partial charge on any atom is -0.347 e. The lowest BCUT2D eigenvalue weighted by Crippen LogP contribution is -2.44. The van der Waals surface area contributed by atoms with Crippen LogP contribution in [-0.2, 0) is 0 Å². The number of nitrogens with one attached hydrogen (secondary N) is 1. The molecule has 1 aromatic heterocycles. The minimum absolute atomic E-state index is 0.0755. The Morgan fingerprint density at radius 2 is 2.28 bits per heavy atom. The number of carbonyl (C=O) groups is 1. The molecule has 2 unspecified atom stereocenters. The molecule has 98 valence electrons. The molecule has 1 fully saturated rings. The number of hydrogen-bond acceptors (Lipinski definition) is 3. The number of aromatic nitrogens is 1. The molecule has 1 heterocycles. The molecular formula is C13H17BrN2OS. The van der Waals surface area contributed by atoms with E-state index in [4.69, 9.17) is 0 Å². The number of pyridine rings is 1. The van der Waals surface area contributed by atoms with Crippen molar-refractivity contribution < 1.29 is 4.79 Å². The van der Waals surface area contributed by atoms with Gasteiger partial charge in [-0.3, -0.25) is 4.79 Å². The summed E-state index contributed by atoms with van der Waals surface area (Å²) >= 11 is 5.21. The molecule has 1 aliphatic carbocycles. The molecule has 18 heavy (non-hydrogen) atoms. The van der Waals surface area contributed by atoms with E-state index in [1.54, 1.807) is 6.20 Å². The van der Waals surface area contributed by atoms with Crippen LogP contribution in [0.3, 0.4) is 0 Å². The average Bonchev–Trinajstić information content (AvgIpc) is 2.39. The SMILES string of the molecule is CSC1CCCCC1NC(=O)c1ncccc1Br. The average molecular weight is 329 g/mol. The number of nitrogens with zero attached hydrogens (tertiary/aromatic N) is 1. The van der Waals surface area contributed by atoms with Crippen molar-refractivity contribution >= 4 is 33.6 Å². The van der Waals surface area contributed by atoms with Gasteiger partial charge in [0.1, 0.15) is 5.69 Å². The molecule has 1 amide bonds. The predicted molar refractivity (Wildman–Crippen MR) is 79.0 cm³/mol. The maximum atomic E-state index is 12.2. The second-order valence-electron chi connectivity index (χ2n) is 4.47. The van der Waals surface area contributed by atoms with E-state index in [1.165, 1.54) is 19.3 Å². The Bertz CT molecular complexity index is 427. The lowest BCUT2D eigenvalue weighted by molar-refractivity contribution is 0.0923. The molecule has 5 heteroatoms. The van der Waals surface area contributed by atoms with E-state index < -0.39 is 0 Å². The Morgan fingerprint density at radius 1 is 1.50 bits per heavy atom. The van der Waals surface area contributed by atoms with E-state index in [0.29, 0.717) is 10.9 Å². The standard InChI is InChI=1S/C13H17BrN2OS/c1-18-11-7-3-2-6-10(11)16-13(17)12-9(14)5-4-8-15-12/h4-5,8,10-11H,2-3,6-7H2,1H3,(H,16,17). The molecule has 1 aliphatic rings. The predicted octanol–water partition coefficient (Wildman–Crippen LogP) is 3.25. The van der Waals surface area contributed by atoms with Gasteiger partial charge in [0.15, 0.2) is 0 Å². The largest absolute Gasteiger partial charge is 0.347 e. The smallest absolute Gasteiger partial charge is 0.271 e. The third kappa shape index (κ3) is 3.26. The van der Waals surface area contributed by atoms with E-state index in [-0.39, 0.29) is 11.9 Å². The number of halogens is 1. The highest BCUT2D eigenvalue weighted by Gasteiger charge is 2.26. The van der Waals surface area contributed by atoms with E-state index in [0.717, 1.165) is 10.9 Å². The Hall–Kier alpha value is -0.550.